The summed E-state index contributed by atoms with van der Waals surface area (Å²) in [5, 5.41) is 2.93. The monoisotopic (exact) mass is 228 g/mol. The van der Waals surface area contributed by atoms with Gasteiger partial charge in [-0.3, -0.25) is 0 Å². The highest BCUT2D eigenvalue weighted by Gasteiger charge is 2.08. The second-order valence-corrected chi connectivity index (χ2v) is 4.22. The number of hydrogen-bond donors (Lipinski definition) is 0. The molecule has 0 radical (unpaired) electrons. The highest BCUT2D eigenvalue weighted by molar-refractivity contribution is 6.08. The minimum absolute atomic E-state index is 0.261. The fourth-order valence-corrected chi connectivity index (χ4v) is 2.26. The van der Waals surface area contributed by atoms with Gasteiger partial charge in [-0.1, -0.05) is 24.3 Å². The largest absolute Gasteiger partial charge is 0.207 e. The maximum absolute atomic E-state index is 13.9. The smallest absolute Gasteiger partial charge is 0.131 e. The Morgan fingerprint density at radius 3 is 2.41 bits per heavy atom. The molecule has 0 atom stereocenters. The molecule has 0 spiro atoms. The number of halogens is 2. The molecule has 0 aromatic heterocycles. The minimum atomic E-state index is -0.301. The molecule has 0 saturated carbocycles. The van der Waals surface area contributed by atoms with Gasteiger partial charge in [-0.05, 0) is 46.8 Å². The second-order valence-electron chi connectivity index (χ2n) is 4.22. The third-order valence-corrected chi connectivity index (χ3v) is 3.13. The molecule has 0 aliphatic carbocycles. The fraction of sp³-hybridized carbons (Fsp3) is 0.0667. The Balaban J connectivity index is 2.59. The van der Waals surface area contributed by atoms with Crippen LogP contribution in [0.1, 0.15) is 5.56 Å². The lowest BCUT2D eigenvalue weighted by atomic mass is 9.98. The predicted molar refractivity (Wildman–Crippen MR) is 66.1 cm³/mol. The van der Waals surface area contributed by atoms with Gasteiger partial charge in [0, 0.05) is 5.39 Å². The van der Waals surface area contributed by atoms with Crippen molar-refractivity contribution < 1.29 is 8.78 Å². The van der Waals surface area contributed by atoms with Gasteiger partial charge in [0.2, 0.25) is 0 Å². The Bertz CT molecular complexity index is 730. The molecule has 0 unspecified atom stereocenters. The summed E-state index contributed by atoms with van der Waals surface area (Å²) in [6, 6.07) is 11.3. The fourth-order valence-electron chi connectivity index (χ4n) is 2.26. The lowest BCUT2D eigenvalue weighted by molar-refractivity contribution is 0.629. The maximum atomic E-state index is 13.9. The van der Waals surface area contributed by atoms with E-state index in [1.54, 1.807) is 12.1 Å². The Morgan fingerprint density at radius 1 is 0.824 bits per heavy atom. The molecule has 3 rings (SSSR count). The summed E-state index contributed by atoms with van der Waals surface area (Å²) in [6.45, 7) is 1.94. The molecule has 17 heavy (non-hydrogen) atoms. The molecule has 0 nitrogen and oxygen atoms in total. The van der Waals surface area contributed by atoms with Crippen LogP contribution in [0.2, 0.25) is 0 Å². The topological polar surface area (TPSA) is 0 Å². The van der Waals surface area contributed by atoms with Gasteiger partial charge in [0.05, 0.1) is 0 Å². The van der Waals surface area contributed by atoms with E-state index in [9.17, 15) is 8.78 Å². The van der Waals surface area contributed by atoms with Crippen molar-refractivity contribution in [1.29, 1.82) is 0 Å². The van der Waals surface area contributed by atoms with E-state index in [1.165, 1.54) is 18.2 Å². The van der Waals surface area contributed by atoms with Crippen LogP contribution >= 0.6 is 0 Å². The van der Waals surface area contributed by atoms with E-state index in [4.69, 9.17) is 0 Å². The molecule has 3 aromatic rings. The lowest BCUT2D eigenvalue weighted by Crippen LogP contribution is -1.86. The molecular formula is C15H10F2. The van der Waals surface area contributed by atoms with E-state index in [0.29, 0.717) is 5.39 Å². The zero-order valence-electron chi connectivity index (χ0n) is 9.30. The van der Waals surface area contributed by atoms with Gasteiger partial charge >= 0.3 is 0 Å². The van der Waals surface area contributed by atoms with Crippen LogP contribution in [0, 0.1) is 18.6 Å². The normalized spacial score (nSPS) is 11.2. The average Bonchev–Trinajstić information content (AvgIpc) is 2.32. The molecular weight excluding hydrogens is 218 g/mol. The quantitative estimate of drug-likeness (QED) is 0.494. The minimum Gasteiger partial charge on any atom is -0.207 e. The summed E-state index contributed by atoms with van der Waals surface area (Å²) < 4.78 is 27.0. The van der Waals surface area contributed by atoms with Crippen molar-refractivity contribution in [2.45, 2.75) is 6.92 Å². The molecule has 0 N–H and O–H groups in total. The van der Waals surface area contributed by atoms with Crippen LogP contribution in [0.25, 0.3) is 21.5 Å². The van der Waals surface area contributed by atoms with Gasteiger partial charge in [-0.25, -0.2) is 8.78 Å². The Morgan fingerprint density at radius 2 is 1.59 bits per heavy atom. The zero-order valence-corrected chi connectivity index (χ0v) is 9.30. The van der Waals surface area contributed by atoms with Crippen LogP contribution in [0.15, 0.2) is 42.5 Å². The first-order valence-corrected chi connectivity index (χ1v) is 5.44. The average molecular weight is 228 g/mol. The van der Waals surface area contributed by atoms with Gasteiger partial charge in [-0.2, -0.15) is 0 Å². The molecule has 0 bridgehead atoms. The summed E-state index contributed by atoms with van der Waals surface area (Å²) in [6.07, 6.45) is 0. The van der Waals surface area contributed by atoms with Crippen LogP contribution in [0.5, 0.6) is 0 Å². The molecule has 0 saturated heterocycles. The van der Waals surface area contributed by atoms with Crippen molar-refractivity contribution in [1.82, 2.24) is 0 Å². The zero-order chi connectivity index (χ0) is 12.0. The van der Waals surface area contributed by atoms with E-state index < -0.39 is 0 Å². The first-order chi connectivity index (χ1) is 8.16. The van der Waals surface area contributed by atoms with Crippen molar-refractivity contribution in [3.8, 4) is 0 Å². The van der Waals surface area contributed by atoms with Crippen LogP contribution in [0.4, 0.5) is 8.78 Å². The van der Waals surface area contributed by atoms with Crippen molar-refractivity contribution >= 4 is 21.5 Å². The Kier molecular flexibility index (Phi) is 2.11. The van der Waals surface area contributed by atoms with Gasteiger partial charge in [-0.15, -0.1) is 0 Å². The predicted octanol–water partition coefficient (Wildman–Crippen LogP) is 4.58. The highest BCUT2D eigenvalue weighted by Crippen LogP contribution is 2.30. The molecule has 0 amide bonds. The van der Waals surface area contributed by atoms with Gasteiger partial charge < -0.3 is 0 Å². The first-order valence-electron chi connectivity index (χ1n) is 5.44. The van der Waals surface area contributed by atoms with E-state index in [2.05, 4.69) is 0 Å². The number of benzene rings is 3. The molecule has 2 heteroatoms. The van der Waals surface area contributed by atoms with Crippen molar-refractivity contribution in [2.75, 3.05) is 0 Å². The molecule has 0 fully saturated rings. The second kappa shape index (κ2) is 3.52. The number of fused-ring (bicyclic) bond motifs is 3. The van der Waals surface area contributed by atoms with E-state index in [-0.39, 0.29) is 11.6 Å². The van der Waals surface area contributed by atoms with Crippen molar-refractivity contribution in [3.05, 3.63) is 59.7 Å². The number of aryl methyl sites for hydroxylation is 1. The summed E-state index contributed by atoms with van der Waals surface area (Å²) in [4.78, 5) is 0. The van der Waals surface area contributed by atoms with E-state index >= 15 is 0 Å². The molecule has 0 aliphatic heterocycles. The van der Waals surface area contributed by atoms with Crippen LogP contribution in [0.3, 0.4) is 0 Å². The lowest BCUT2D eigenvalue weighted by Gasteiger charge is -2.07. The van der Waals surface area contributed by atoms with Crippen LogP contribution in [-0.2, 0) is 0 Å². The van der Waals surface area contributed by atoms with Gasteiger partial charge in [0.15, 0.2) is 0 Å². The summed E-state index contributed by atoms with van der Waals surface area (Å²) in [7, 11) is 0. The van der Waals surface area contributed by atoms with Crippen LogP contribution < -0.4 is 0 Å². The molecule has 84 valence electrons. The third-order valence-electron chi connectivity index (χ3n) is 3.13. The SMILES string of the molecule is Cc1ccc(F)c2c1ccc1cc(F)ccc12. The third kappa shape index (κ3) is 1.48. The summed E-state index contributed by atoms with van der Waals surface area (Å²) >= 11 is 0. The standard InChI is InChI=1S/C15H10F2/c1-9-2-7-14(17)15-12(9)5-3-10-8-11(16)4-6-13(10)15/h2-8H,1H3. The maximum Gasteiger partial charge on any atom is 0.131 e. The summed E-state index contributed by atoms with van der Waals surface area (Å²) in [5.74, 6) is -0.562. The highest BCUT2D eigenvalue weighted by atomic mass is 19.1. The number of rotatable bonds is 0. The van der Waals surface area contributed by atoms with Gasteiger partial charge in [0.1, 0.15) is 11.6 Å². The van der Waals surface area contributed by atoms with Crippen molar-refractivity contribution in [2.24, 2.45) is 0 Å². The number of hydrogen-bond acceptors (Lipinski definition) is 0. The summed E-state index contributed by atoms with van der Waals surface area (Å²) in [5.41, 5.74) is 1.02. The first kappa shape index (κ1) is 10.2. The Labute approximate surface area is 97.5 Å². The van der Waals surface area contributed by atoms with Crippen LogP contribution in [-0.4, -0.2) is 0 Å². The molecule has 0 heterocycles. The Hall–Kier alpha value is -1.96. The van der Waals surface area contributed by atoms with Gasteiger partial charge in [0.25, 0.3) is 0 Å². The molecule has 0 aliphatic rings. The van der Waals surface area contributed by atoms with E-state index in [0.717, 1.165) is 21.7 Å². The molecule has 3 aromatic carbocycles. The van der Waals surface area contributed by atoms with E-state index in [1.807, 2.05) is 19.1 Å². The van der Waals surface area contributed by atoms with Crippen molar-refractivity contribution in [3.63, 3.8) is 0 Å².